The van der Waals surface area contributed by atoms with Crippen LogP contribution in [0.15, 0.2) is 24.3 Å². The van der Waals surface area contributed by atoms with Gasteiger partial charge in [0.15, 0.2) is 0 Å². The van der Waals surface area contributed by atoms with E-state index >= 15 is 0 Å². The van der Waals surface area contributed by atoms with Gasteiger partial charge in [-0.2, -0.15) is 0 Å². The predicted molar refractivity (Wildman–Crippen MR) is 64.4 cm³/mol. The molecule has 86 valence electrons. The summed E-state index contributed by atoms with van der Waals surface area (Å²) >= 11 is 0. The Morgan fingerprint density at radius 2 is 2.38 bits per heavy atom. The molecule has 1 heterocycles. The van der Waals surface area contributed by atoms with Crippen molar-refractivity contribution < 1.29 is 4.79 Å². The molecule has 0 saturated carbocycles. The van der Waals surface area contributed by atoms with Gasteiger partial charge in [0.25, 0.3) is 0 Å². The van der Waals surface area contributed by atoms with Crippen molar-refractivity contribution in [1.29, 1.82) is 0 Å². The first-order chi connectivity index (χ1) is 7.72. The molecule has 2 rings (SSSR count). The molecule has 1 aliphatic heterocycles. The number of carbonyl (C=O) groups is 1. The van der Waals surface area contributed by atoms with Crippen molar-refractivity contribution in [3.8, 4) is 0 Å². The zero-order chi connectivity index (χ0) is 11.5. The molecule has 0 spiro atoms. The van der Waals surface area contributed by atoms with Crippen LogP contribution in [0.25, 0.3) is 0 Å². The van der Waals surface area contributed by atoms with E-state index in [9.17, 15) is 4.79 Å². The molecule has 4 heteroatoms. The Kier molecular flexibility index (Phi) is 3.10. The number of nitrogens with two attached hydrogens (primary N) is 1. The van der Waals surface area contributed by atoms with Crippen molar-refractivity contribution in [3.05, 3.63) is 29.8 Å². The van der Waals surface area contributed by atoms with E-state index < -0.39 is 0 Å². The van der Waals surface area contributed by atoms with Gasteiger partial charge in [-0.05, 0) is 24.6 Å². The van der Waals surface area contributed by atoms with Crippen LogP contribution in [0.5, 0.6) is 0 Å². The highest BCUT2D eigenvalue weighted by Crippen LogP contribution is 2.19. The Balaban J connectivity index is 2.27. The molecular weight excluding hydrogens is 202 g/mol. The number of piperazine rings is 1. The summed E-state index contributed by atoms with van der Waals surface area (Å²) in [5, 5.41) is 2.84. The summed E-state index contributed by atoms with van der Waals surface area (Å²) in [7, 11) is 0. The van der Waals surface area contributed by atoms with Gasteiger partial charge < -0.3 is 16.0 Å². The summed E-state index contributed by atoms with van der Waals surface area (Å²) in [5.74, 6) is 0.0234. The number of anilines is 1. The minimum Gasteiger partial charge on any atom is -0.357 e. The molecule has 1 aromatic rings. The van der Waals surface area contributed by atoms with Crippen LogP contribution in [0.2, 0.25) is 0 Å². The van der Waals surface area contributed by atoms with Crippen LogP contribution in [-0.2, 0) is 4.79 Å². The first-order valence-corrected chi connectivity index (χ1v) is 5.53. The molecule has 0 aromatic heterocycles. The Morgan fingerprint density at radius 1 is 1.56 bits per heavy atom. The van der Waals surface area contributed by atoms with Crippen molar-refractivity contribution >= 4 is 11.6 Å². The predicted octanol–water partition coefficient (Wildman–Crippen LogP) is 0.259. The molecule has 1 saturated heterocycles. The zero-order valence-corrected chi connectivity index (χ0v) is 9.44. The van der Waals surface area contributed by atoms with Gasteiger partial charge in [-0.3, -0.25) is 4.79 Å². The minimum atomic E-state index is -0.240. The third kappa shape index (κ3) is 2.02. The number of carbonyl (C=O) groups excluding carboxylic acids is 1. The molecule has 1 fully saturated rings. The second kappa shape index (κ2) is 4.53. The number of nitrogens with zero attached hydrogens (tertiary/aromatic N) is 1. The smallest absolute Gasteiger partial charge is 0.244 e. The van der Waals surface area contributed by atoms with E-state index in [1.165, 1.54) is 5.56 Å². The van der Waals surface area contributed by atoms with Gasteiger partial charge in [-0.1, -0.05) is 12.1 Å². The minimum absolute atomic E-state index is 0.0234. The molecule has 0 radical (unpaired) electrons. The number of nitrogens with one attached hydrogen (secondary N) is 1. The molecule has 4 nitrogen and oxygen atoms in total. The summed E-state index contributed by atoms with van der Waals surface area (Å²) in [6.45, 7) is 3.89. The SMILES string of the molecule is Cc1cccc(N2CCNC(=O)C2CN)c1. The number of aryl methyl sites for hydroxylation is 1. The zero-order valence-electron chi connectivity index (χ0n) is 9.44. The van der Waals surface area contributed by atoms with Gasteiger partial charge in [-0.25, -0.2) is 0 Å². The number of rotatable bonds is 2. The molecule has 0 aliphatic carbocycles. The van der Waals surface area contributed by atoms with Crippen LogP contribution < -0.4 is 16.0 Å². The van der Waals surface area contributed by atoms with E-state index in [1.807, 2.05) is 25.1 Å². The van der Waals surface area contributed by atoms with Gasteiger partial charge in [0.05, 0.1) is 0 Å². The van der Waals surface area contributed by atoms with Crippen molar-refractivity contribution in [2.75, 3.05) is 24.5 Å². The maximum Gasteiger partial charge on any atom is 0.244 e. The lowest BCUT2D eigenvalue weighted by molar-refractivity contribution is -0.123. The fraction of sp³-hybridized carbons (Fsp3) is 0.417. The molecule has 1 atom stereocenters. The van der Waals surface area contributed by atoms with E-state index in [2.05, 4.69) is 16.3 Å². The molecule has 1 unspecified atom stereocenters. The fourth-order valence-electron chi connectivity index (χ4n) is 2.06. The van der Waals surface area contributed by atoms with Crippen molar-refractivity contribution in [2.45, 2.75) is 13.0 Å². The maximum absolute atomic E-state index is 11.7. The normalized spacial score (nSPS) is 20.8. The monoisotopic (exact) mass is 219 g/mol. The number of hydrogen-bond acceptors (Lipinski definition) is 3. The van der Waals surface area contributed by atoms with E-state index in [0.29, 0.717) is 13.1 Å². The summed E-state index contributed by atoms with van der Waals surface area (Å²) in [5.41, 5.74) is 7.93. The number of benzene rings is 1. The Labute approximate surface area is 95.4 Å². The van der Waals surface area contributed by atoms with Gasteiger partial charge >= 0.3 is 0 Å². The van der Waals surface area contributed by atoms with E-state index in [0.717, 1.165) is 12.2 Å². The Bertz CT molecular complexity index is 392. The Morgan fingerprint density at radius 3 is 3.06 bits per heavy atom. The molecule has 0 bridgehead atoms. The van der Waals surface area contributed by atoms with Crippen molar-refractivity contribution in [2.24, 2.45) is 5.73 Å². The lowest BCUT2D eigenvalue weighted by Crippen LogP contribution is -2.58. The highest BCUT2D eigenvalue weighted by Gasteiger charge is 2.28. The van der Waals surface area contributed by atoms with Crippen LogP contribution in [0.1, 0.15) is 5.56 Å². The summed E-state index contributed by atoms with van der Waals surface area (Å²) in [4.78, 5) is 13.7. The van der Waals surface area contributed by atoms with E-state index in [4.69, 9.17) is 5.73 Å². The molecule has 3 N–H and O–H groups in total. The van der Waals surface area contributed by atoms with Crippen LogP contribution in [0.3, 0.4) is 0 Å². The highest BCUT2D eigenvalue weighted by atomic mass is 16.2. The molecule has 1 amide bonds. The first kappa shape index (κ1) is 11.0. The van der Waals surface area contributed by atoms with Crippen molar-refractivity contribution in [1.82, 2.24) is 5.32 Å². The number of hydrogen-bond donors (Lipinski definition) is 2. The average molecular weight is 219 g/mol. The van der Waals surface area contributed by atoms with Gasteiger partial charge in [0.2, 0.25) is 5.91 Å². The summed E-state index contributed by atoms with van der Waals surface area (Å²) in [6.07, 6.45) is 0. The van der Waals surface area contributed by atoms with Crippen LogP contribution in [0, 0.1) is 6.92 Å². The molecular formula is C12H17N3O. The highest BCUT2D eigenvalue weighted by molar-refractivity contribution is 5.86. The van der Waals surface area contributed by atoms with E-state index in [1.54, 1.807) is 0 Å². The first-order valence-electron chi connectivity index (χ1n) is 5.53. The van der Waals surface area contributed by atoms with Crippen LogP contribution >= 0.6 is 0 Å². The fourth-order valence-corrected chi connectivity index (χ4v) is 2.06. The summed E-state index contributed by atoms with van der Waals surface area (Å²) in [6, 6.07) is 7.92. The van der Waals surface area contributed by atoms with E-state index in [-0.39, 0.29) is 11.9 Å². The quantitative estimate of drug-likeness (QED) is 0.750. The largest absolute Gasteiger partial charge is 0.357 e. The van der Waals surface area contributed by atoms with Crippen molar-refractivity contribution in [3.63, 3.8) is 0 Å². The standard InChI is InChI=1S/C12H17N3O/c1-9-3-2-4-10(7-9)15-6-5-14-12(16)11(15)8-13/h2-4,7,11H,5-6,8,13H2,1H3,(H,14,16). The molecule has 1 aromatic carbocycles. The average Bonchev–Trinajstić information content (AvgIpc) is 2.28. The van der Waals surface area contributed by atoms with Crippen LogP contribution in [-0.4, -0.2) is 31.6 Å². The van der Waals surface area contributed by atoms with Gasteiger partial charge in [0, 0.05) is 25.3 Å². The van der Waals surface area contributed by atoms with Gasteiger partial charge in [0.1, 0.15) is 6.04 Å². The number of amides is 1. The van der Waals surface area contributed by atoms with Crippen LogP contribution in [0.4, 0.5) is 5.69 Å². The molecule has 16 heavy (non-hydrogen) atoms. The third-order valence-electron chi connectivity index (χ3n) is 2.89. The maximum atomic E-state index is 11.7. The molecule has 1 aliphatic rings. The topological polar surface area (TPSA) is 58.4 Å². The Hall–Kier alpha value is -1.55. The lowest BCUT2D eigenvalue weighted by Gasteiger charge is -2.36. The second-order valence-electron chi connectivity index (χ2n) is 4.07. The lowest BCUT2D eigenvalue weighted by atomic mass is 10.1. The third-order valence-corrected chi connectivity index (χ3v) is 2.89. The second-order valence-corrected chi connectivity index (χ2v) is 4.07. The van der Waals surface area contributed by atoms with Gasteiger partial charge in [-0.15, -0.1) is 0 Å². The summed E-state index contributed by atoms with van der Waals surface area (Å²) < 4.78 is 0.